The molecule has 1 unspecified atom stereocenters. The van der Waals surface area contributed by atoms with E-state index in [1.807, 2.05) is 0 Å². The Morgan fingerprint density at radius 2 is 2.00 bits per heavy atom. The molecule has 0 bridgehead atoms. The molecule has 3 nitrogen and oxygen atoms in total. The lowest BCUT2D eigenvalue weighted by Gasteiger charge is -2.17. The standard InChI is InChI=1S/C17H27N3.C3H8/c1(2-5-14-10-12-18-13-14)3-7-16-9-8-15-6-4-11-19-17(15)20-16;1-3-2/h8-9,14,18H,1-7,10-13H2,(H,19,20);3H2,1-2H3. The SMILES string of the molecule is CCC.c1cc2c(nc1CCCCCC1CCNC1)NCCC2. The molecular formula is C20H35N3. The molecule has 0 aliphatic carbocycles. The lowest BCUT2D eigenvalue weighted by Crippen LogP contribution is -2.14. The van der Waals surface area contributed by atoms with Crippen molar-refractivity contribution in [2.45, 2.75) is 71.6 Å². The van der Waals surface area contributed by atoms with E-state index in [-0.39, 0.29) is 0 Å². The highest BCUT2D eigenvalue weighted by molar-refractivity contribution is 5.46. The number of unbranched alkanes of at least 4 members (excludes halogenated alkanes) is 2. The van der Waals surface area contributed by atoms with Crippen molar-refractivity contribution in [3.8, 4) is 0 Å². The predicted molar refractivity (Wildman–Crippen MR) is 100 cm³/mol. The van der Waals surface area contributed by atoms with E-state index >= 15 is 0 Å². The molecule has 130 valence electrons. The van der Waals surface area contributed by atoms with Crippen molar-refractivity contribution in [3.63, 3.8) is 0 Å². The number of aryl methyl sites for hydroxylation is 2. The van der Waals surface area contributed by atoms with Gasteiger partial charge >= 0.3 is 0 Å². The van der Waals surface area contributed by atoms with Crippen molar-refractivity contribution >= 4 is 5.82 Å². The van der Waals surface area contributed by atoms with Crippen molar-refractivity contribution in [3.05, 3.63) is 23.4 Å². The van der Waals surface area contributed by atoms with Crippen LogP contribution in [0.15, 0.2) is 12.1 Å². The average Bonchev–Trinajstić information content (AvgIpc) is 3.08. The molecule has 2 aliphatic rings. The van der Waals surface area contributed by atoms with E-state index in [9.17, 15) is 0 Å². The fourth-order valence-corrected chi connectivity index (χ4v) is 3.38. The maximum Gasteiger partial charge on any atom is 0.129 e. The number of hydrogen-bond donors (Lipinski definition) is 2. The van der Waals surface area contributed by atoms with Gasteiger partial charge in [0.1, 0.15) is 5.82 Å². The molecule has 0 spiro atoms. The number of aromatic nitrogens is 1. The zero-order valence-electron chi connectivity index (χ0n) is 15.2. The molecule has 0 radical (unpaired) electrons. The van der Waals surface area contributed by atoms with Gasteiger partial charge in [-0.1, -0.05) is 39.2 Å². The van der Waals surface area contributed by atoms with Gasteiger partial charge in [-0.2, -0.15) is 0 Å². The van der Waals surface area contributed by atoms with Crippen LogP contribution in [0, 0.1) is 5.92 Å². The topological polar surface area (TPSA) is 37.0 Å². The first kappa shape index (κ1) is 18.3. The molecule has 1 saturated heterocycles. The molecular weight excluding hydrogens is 282 g/mol. The Morgan fingerprint density at radius 1 is 1.13 bits per heavy atom. The number of pyridine rings is 1. The van der Waals surface area contributed by atoms with E-state index < -0.39 is 0 Å². The maximum absolute atomic E-state index is 4.77. The van der Waals surface area contributed by atoms with Gasteiger partial charge in [0.2, 0.25) is 0 Å². The Hall–Kier alpha value is -1.09. The third-order valence-corrected chi connectivity index (χ3v) is 4.66. The predicted octanol–water partition coefficient (Wildman–Crippen LogP) is 4.57. The van der Waals surface area contributed by atoms with Crippen LogP contribution in [0.3, 0.4) is 0 Å². The Labute approximate surface area is 142 Å². The maximum atomic E-state index is 4.77. The van der Waals surface area contributed by atoms with Crippen molar-refractivity contribution in [2.24, 2.45) is 5.92 Å². The number of hydrogen-bond acceptors (Lipinski definition) is 3. The van der Waals surface area contributed by atoms with E-state index in [0.29, 0.717) is 0 Å². The summed E-state index contributed by atoms with van der Waals surface area (Å²) in [7, 11) is 0. The molecule has 3 rings (SSSR count). The average molecular weight is 318 g/mol. The van der Waals surface area contributed by atoms with Gasteiger partial charge in [-0.05, 0) is 69.2 Å². The highest BCUT2D eigenvalue weighted by Crippen LogP contribution is 2.21. The summed E-state index contributed by atoms with van der Waals surface area (Å²) in [6, 6.07) is 4.50. The van der Waals surface area contributed by atoms with Gasteiger partial charge in [0.05, 0.1) is 0 Å². The summed E-state index contributed by atoms with van der Waals surface area (Å²) in [4.78, 5) is 4.77. The molecule has 1 atom stereocenters. The summed E-state index contributed by atoms with van der Waals surface area (Å²) in [5.74, 6) is 2.09. The summed E-state index contributed by atoms with van der Waals surface area (Å²) in [5, 5.41) is 6.87. The largest absolute Gasteiger partial charge is 0.370 e. The third-order valence-electron chi connectivity index (χ3n) is 4.66. The molecule has 23 heavy (non-hydrogen) atoms. The van der Waals surface area contributed by atoms with Gasteiger partial charge in [-0.25, -0.2) is 4.98 Å². The van der Waals surface area contributed by atoms with Crippen LogP contribution in [0.2, 0.25) is 0 Å². The smallest absolute Gasteiger partial charge is 0.129 e. The van der Waals surface area contributed by atoms with Crippen LogP contribution in [0.25, 0.3) is 0 Å². The van der Waals surface area contributed by atoms with Crippen LogP contribution >= 0.6 is 0 Å². The monoisotopic (exact) mass is 317 g/mol. The van der Waals surface area contributed by atoms with Crippen LogP contribution in [-0.2, 0) is 12.8 Å². The lowest BCUT2D eigenvalue weighted by atomic mass is 9.99. The highest BCUT2D eigenvalue weighted by atomic mass is 15.0. The minimum Gasteiger partial charge on any atom is -0.370 e. The molecule has 1 aromatic rings. The Balaban J connectivity index is 0.000000595. The van der Waals surface area contributed by atoms with E-state index in [1.165, 1.54) is 75.7 Å². The summed E-state index contributed by atoms with van der Waals surface area (Å²) < 4.78 is 0. The quantitative estimate of drug-likeness (QED) is 0.755. The molecule has 3 heteroatoms. The second-order valence-electron chi connectivity index (χ2n) is 7.01. The van der Waals surface area contributed by atoms with Crippen LogP contribution in [0.5, 0.6) is 0 Å². The molecule has 0 aromatic carbocycles. The molecule has 2 N–H and O–H groups in total. The Bertz CT molecular complexity index is 439. The molecule has 3 heterocycles. The van der Waals surface area contributed by atoms with Crippen molar-refractivity contribution in [1.29, 1.82) is 0 Å². The van der Waals surface area contributed by atoms with E-state index in [1.54, 1.807) is 0 Å². The van der Waals surface area contributed by atoms with Gasteiger partial charge in [0, 0.05) is 12.2 Å². The van der Waals surface area contributed by atoms with E-state index in [4.69, 9.17) is 4.98 Å². The van der Waals surface area contributed by atoms with E-state index in [2.05, 4.69) is 36.6 Å². The molecule has 2 aliphatic heterocycles. The molecule has 1 aromatic heterocycles. The summed E-state index contributed by atoms with van der Waals surface area (Å²) in [6.07, 6.45) is 11.6. The lowest BCUT2D eigenvalue weighted by molar-refractivity contribution is 0.490. The van der Waals surface area contributed by atoms with Crippen LogP contribution < -0.4 is 10.6 Å². The van der Waals surface area contributed by atoms with Gasteiger partial charge < -0.3 is 10.6 Å². The summed E-state index contributed by atoms with van der Waals surface area (Å²) in [5.41, 5.74) is 2.66. The van der Waals surface area contributed by atoms with Crippen LogP contribution in [0.1, 0.15) is 70.1 Å². The second-order valence-corrected chi connectivity index (χ2v) is 7.01. The fourth-order valence-electron chi connectivity index (χ4n) is 3.38. The molecule has 0 amide bonds. The van der Waals surface area contributed by atoms with Gasteiger partial charge in [0.25, 0.3) is 0 Å². The first-order valence-corrected chi connectivity index (χ1v) is 9.76. The number of nitrogens with zero attached hydrogens (tertiary/aromatic N) is 1. The number of rotatable bonds is 6. The van der Waals surface area contributed by atoms with Gasteiger partial charge in [-0.3, -0.25) is 0 Å². The number of anilines is 1. The molecule has 0 saturated carbocycles. The van der Waals surface area contributed by atoms with Crippen molar-refractivity contribution < 1.29 is 0 Å². The first-order valence-electron chi connectivity index (χ1n) is 9.76. The zero-order valence-corrected chi connectivity index (χ0v) is 15.2. The number of nitrogens with one attached hydrogen (secondary N) is 2. The third kappa shape index (κ3) is 6.50. The van der Waals surface area contributed by atoms with E-state index in [0.717, 1.165) is 24.7 Å². The van der Waals surface area contributed by atoms with Crippen LogP contribution in [0.4, 0.5) is 5.82 Å². The summed E-state index contributed by atoms with van der Waals surface area (Å²) in [6.45, 7) is 7.81. The fraction of sp³-hybridized carbons (Fsp3) is 0.750. The minimum atomic E-state index is 0.945. The Morgan fingerprint density at radius 3 is 2.78 bits per heavy atom. The Kier molecular flexibility index (Phi) is 8.44. The normalized spacial score (nSPS) is 19.5. The first-order chi connectivity index (χ1) is 11.3. The van der Waals surface area contributed by atoms with Crippen molar-refractivity contribution in [2.75, 3.05) is 25.0 Å². The second kappa shape index (κ2) is 10.6. The highest BCUT2D eigenvalue weighted by Gasteiger charge is 2.13. The minimum absolute atomic E-state index is 0.945. The summed E-state index contributed by atoms with van der Waals surface area (Å²) >= 11 is 0. The van der Waals surface area contributed by atoms with Gasteiger partial charge in [0.15, 0.2) is 0 Å². The van der Waals surface area contributed by atoms with Crippen LogP contribution in [-0.4, -0.2) is 24.6 Å². The zero-order chi connectivity index (χ0) is 16.3. The number of fused-ring (bicyclic) bond motifs is 1. The van der Waals surface area contributed by atoms with Gasteiger partial charge in [-0.15, -0.1) is 0 Å². The molecule has 1 fully saturated rings. The van der Waals surface area contributed by atoms with Crippen molar-refractivity contribution in [1.82, 2.24) is 10.3 Å².